The quantitative estimate of drug-likeness (QED) is 0.554. The van der Waals surface area contributed by atoms with E-state index in [0.29, 0.717) is 12.5 Å². The molecule has 0 saturated heterocycles. The van der Waals surface area contributed by atoms with Gasteiger partial charge in [-0.3, -0.25) is 9.59 Å². The molecule has 0 heterocycles. The minimum Gasteiger partial charge on any atom is -0.333 e. The van der Waals surface area contributed by atoms with E-state index >= 15 is 0 Å². The highest BCUT2D eigenvalue weighted by Crippen LogP contribution is 2.25. The molecule has 2 aromatic rings. The van der Waals surface area contributed by atoms with Crippen molar-refractivity contribution in [3.05, 3.63) is 58.9 Å². The van der Waals surface area contributed by atoms with Gasteiger partial charge in [0.2, 0.25) is 11.8 Å². The van der Waals surface area contributed by atoms with Crippen LogP contribution in [0.5, 0.6) is 0 Å². The van der Waals surface area contributed by atoms with Gasteiger partial charge in [0.1, 0.15) is 0 Å². The molecule has 2 amide bonds. The second kappa shape index (κ2) is 10.4. The van der Waals surface area contributed by atoms with Crippen molar-refractivity contribution >= 4 is 27.3 Å². The molecule has 0 radical (unpaired) electrons. The summed E-state index contributed by atoms with van der Waals surface area (Å²) in [6, 6.07) is 6.57. The summed E-state index contributed by atoms with van der Waals surface area (Å²) < 4.78 is 65.6. The second-order valence-corrected chi connectivity index (χ2v) is 10.0. The van der Waals surface area contributed by atoms with Crippen LogP contribution >= 0.6 is 0 Å². The summed E-state index contributed by atoms with van der Waals surface area (Å²) >= 11 is 0. The smallest absolute Gasteiger partial charge is 0.244 e. The number of anilines is 1. The van der Waals surface area contributed by atoms with Crippen LogP contribution in [0, 0.1) is 17.5 Å². The zero-order valence-electron chi connectivity index (χ0n) is 18.2. The number of benzene rings is 2. The summed E-state index contributed by atoms with van der Waals surface area (Å²) in [6.45, 7) is 1.46. The van der Waals surface area contributed by atoms with Gasteiger partial charge in [-0.1, -0.05) is 13.0 Å². The van der Waals surface area contributed by atoms with Crippen LogP contribution in [0.4, 0.5) is 18.9 Å². The number of sulfone groups is 1. The molecule has 0 spiro atoms. The highest BCUT2D eigenvalue weighted by molar-refractivity contribution is 7.91. The third-order valence-corrected chi connectivity index (χ3v) is 7.22. The number of fused-ring (bicyclic) bond motifs is 1. The standard InChI is InChI=1S/C23H25F3N2O4S/c1-2-11-28(14-20(29)27-19-9-8-18(24)22(25)23(19)26)21(30)10-12-33(31,32)17-7-6-15-4-3-5-16(15)13-17/h6-9,13H,2-5,10-12,14H2,1H3,(H,27,29). The molecule has 0 unspecified atom stereocenters. The molecule has 33 heavy (non-hydrogen) atoms. The average Bonchev–Trinajstić information content (AvgIpc) is 3.25. The lowest BCUT2D eigenvalue weighted by Crippen LogP contribution is -2.39. The lowest BCUT2D eigenvalue weighted by Gasteiger charge is -2.22. The molecule has 3 rings (SSSR count). The van der Waals surface area contributed by atoms with Crippen molar-refractivity contribution in [2.24, 2.45) is 0 Å². The van der Waals surface area contributed by atoms with Crippen molar-refractivity contribution in [2.75, 3.05) is 24.2 Å². The molecule has 178 valence electrons. The average molecular weight is 483 g/mol. The lowest BCUT2D eigenvalue weighted by molar-refractivity contribution is -0.134. The van der Waals surface area contributed by atoms with Gasteiger partial charge in [-0.2, -0.15) is 0 Å². The highest BCUT2D eigenvalue weighted by atomic mass is 32.2. The van der Waals surface area contributed by atoms with Crippen LogP contribution in [0.2, 0.25) is 0 Å². The first kappa shape index (κ1) is 24.8. The van der Waals surface area contributed by atoms with E-state index in [2.05, 4.69) is 5.32 Å². The summed E-state index contributed by atoms with van der Waals surface area (Å²) in [7, 11) is -3.69. The number of rotatable bonds is 9. The first-order chi connectivity index (χ1) is 15.6. The number of nitrogens with one attached hydrogen (secondary N) is 1. The molecule has 0 saturated carbocycles. The van der Waals surface area contributed by atoms with Gasteiger partial charge in [-0.15, -0.1) is 0 Å². The number of hydrogen-bond donors (Lipinski definition) is 1. The fourth-order valence-corrected chi connectivity index (χ4v) is 5.06. The molecule has 2 aromatic carbocycles. The normalized spacial score (nSPS) is 13.0. The van der Waals surface area contributed by atoms with E-state index in [1.807, 2.05) is 6.07 Å². The van der Waals surface area contributed by atoms with Gasteiger partial charge in [-0.25, -0.2) is 21.6 Å². The zero-order valence-corrected chi connectivity index (χ0v) is 19.0. The number of carbonyl (C=O) groups excluding carboxylic acids is 2. The summed E-state index contributed by atoms with van der Waals surface area (Å²) in [4.78, 5) is 26.3. The first-order valence-corrected chi connectivity index (χ1v) is 12.3. The minimum absolute atomic E-state index is 0.171. The maximum Gasteiger partial charge on any atom is 0.244 e. The Morgan fingerprint density at radius 1 is 1.03 bits per heavy atom. The minimum atomic E-state index is -3.69. The van der Waals surface area contributed by atoms with Gasteiger partial charge in [0.25, 0.3) is 0 Å². The molecule has 0 bridgehead atoms. The number of carbonyl (C=O) groups is 2. The van der Waals surface area contributed by atoms with E-state index in [0.717, 1.165) is 41.4 Å². The van der Waals surface area contributed by atoms with Crippen molar-refractivity contribution in [3.63, 3.8) is 0 Å². The Kier molecular flexibility index (Phi) is 7.78. The highest BCUT2D eigenvalue weighted by Gasteiger charge is 2.23. The van der Waals surface area contributed by atoms with E-state index < -0.39 is 57.1 Å². The van der Waals surface area contributed by atoms with Crippen molar-refractivity contribution in [1.29, 1.82) is 0 Å². The topological polar surface area (TPSA) is 83.6 Å². The van der Waals surface area contributed by atoms with Gasteiger partial charge >= 0.3 is 0 Å². The number of aryl methyl sites for hydroxylation is 2. The number of nitrogens with zero attached hydrogens (tertiary/aromatic N) is 1. The van der Waals surface area contributed by atoms with Crippen LogP contribution in [0.3, 0.4) is 0 Å². The van der Waals surface area contributed by atoms with Crippen molar-refractivity contribution in [1.82, 2.24) is 4.90 Å². The summed E-state index contributed by atoms with van der Waals surface area (Å²) in [5.41, 5.74) is 1.60. The van der Waals surface area contributed by atoms with Crippen LogP contribution < -0.4 is 5.32 Å². The van der Waals surface area contributed by atoms with Gasteiger partial charge in [-0.05, 0) is 61.1 Å². The van der Waals surface area contributed by atoms with Crippen LogP contribution in [0.15, 0.2) is 35.2 Å². The Labute approximate surface area is 190 Å². The molecule has 1 aliphatic carbocycles. The third kappa shape index (κ3) is 5.93. The summed E-state index contributed by atoms with van der Waals surface area (Å²) in [6.07, 6.45) is 2.91. The molecule has 0 fully saturated rings. The van der Waals surface area contributed by atoms with Gasteiger partial charge in [0.05, 0.1) is 22.9 Å². The Bertz CT molecular complexity index is 1170. The van der Waals surface area contributed by atoms with Crippen molar-refractivity contribution in [2.45, 2.75) is 43.9 Å². The van der Waals surface area contributed by atoms with E-state index in [4.69, 9.17) is 0 Å². The number of hydrogen-bond acceptors (Lipinski definition) is 4. The third-order valence-electron chi connectivity index (χ3n) is 5.50. The van der Waals surface area contributed by atoms with E-state index in [1.165, 1.54) is 0 Å². The zero-order chi connectivity index (χ0) is 24.2. The molecule has 6 nitrogen and oxygen atoms in total. The molecule has 0 aliphatic heterocycles. The number of amides is 2. The Morgan fingerprint density at radius 3 is 2.48 bits per heavy atom. The van der Waals surface area contributed by atoms with E-state index in [-0.39, 0.29) is 17.9 Å². The largest absolute Gasteiger partial charge is 0.333 e. The van der Waals surface area contributed by atoms with Crippen molar-refractivity contribution < 1.29 is 31.2 Å². The fourth-order valence-electron chi connectivity index (χ4n) is 3.79. The molecule has 1 N–H and O–H groups in total. The van der Waals surface area contributed by atoms with Crippen molar-refractivity contribution in [3.8, 4) is 0 Å². The van der Waals surface area contributed by atoms with Gasteiger partial charge in [0, 0.05) is 13.0 Å². The van der Waals surface area contributed by atoms with E-state index in [9.17, 15) is 31.2 Å². The maximum atomic E-state index is 13.8. The van der Waals surface area contributed by atoms with Gasteiger partial charge < -0.3 is 10.2 Å². The molecule has 10 heteroatoms. The molecular weight excluding hydrogens is 457 g/mol. The Hall–Kier alpha value is -2.88. The van der Waals surface area contributed by atoms with Crippen LogP contribution in [-0.2, 0) is 32.3 Å². The molecular formula is C23H25F3N2O4S. The van der Waals surface area contributed by atoms with Gasteiger partial charge in [0.15, 0.2) is 27.3 Å². The SMILES string of the molecule is CCCN(CC(=O)Nc1ccc(F)c(F)c1F)C(=O)CCS(=O)(=O)c1ccc2c(c1)CCC2. The molecule has 1 aliphatic rings. The lowest BCUT2D eigenvalue weighted by atomic mass is 10.1. The number of halogens is 3. The summed E-state index contributed by atoms with van der Waals surface area (Å²) in [5, 5.41) is 2.11. The monoisotopic (exact) mass is 482 g/mol. The Morgan fingerprint density at radius 2 is 1.76 bits per heavy atom. The predicted molar refractivity (Wildman–Crippen MR) is 117 cm³/mol. The van der Waals surface area contributed by atoms with Crippen LogP contribution in [0.1, 0.15) is 37.3 Å². The first-order valence-electron chi connectivity index (χ1n) is 10.7. The molecule has 0 atom stereocenters. The van der Waals surface area contributed by atoms with Crippen LogP contribution in [0.25, 0.3) is 0 Å². The summed E-state index contributed by atoms with van der Waals surface area (Å²) in [5.74, 6) is -6.43. The maximum absolute atomic E-state index is 13.8. The second-order valence-electron chi connectivity index (χ2n) is 7.94. The molecule has 0 aromatic heterocycles. The fraction of sp³-hybridized carbons (Fsp3) is 0.391. The Balaban J connectivity index is 1.62. The predicted octanol–water partition coefficient (Wildman–Crippen LogP) is 3.63. The van der Waals surface area contributed by atoms with E-state index in [1.54, 1.807) is 19.1 Å². The van der Waals surface area contributed by atoms with Crippen LogP contribution in [-0.4, -0.2) is 44.0 Å².